The van der Waals surface area contributed by atoms with Gasteiger partial charge in [0.15, 0.2) is 0 Å². The summed E-state index contributed by atoms with van der Waals surface area (Å²) in [4.78, 5) is 23.2. The van der Waals surface area contributed by atoms with Crippen molar-refractivity contribution in [2.45, 2.75) is 12.5 Å². The molecule has 0 aliphatic rings. The molecule has 1 amide bonds. The third-order valence-electron chi connectivity index (χ3n) is 1.96. The molecule has 1 unspecified atom stereocenters. The summed E-state index contributed by atoms with van der Waals surface area (Å²) in [5.74, 6) is 0.750. The fourth-order valence-corrected chi connectivity index (χ4v) is 1.09. The molecule has 3 N–H and O–H groups in total. The molecule has 6 heteroatoms. The second kappa shape index (κ2) is 7.68. The van der Waals surface area contributed by atoms with Crippen molar-refractivity contribution in [3.63, 3.8) is 0 Å². The van der Waals surface area contributed by atoms with E-state index in [2.05, 4.69) is 5.92 Å². The normalized spacial score (nSPS) is 11.6. The molecule has 0 rings (SSSR count). The zero-order valence-corrected chi connectivity index (χ0v) is 9.18. The Morgan fingerprint density at radius 1 is 1.62 bits per heavy atom. The number of hydrogen-bond acceptors (Lipinski definition) is 4. The van der Waals surface area contributed by atoms with Crippen LogP contribution in [0, 0.1) is 12.3 Å². The van der Waals surface area contributed by atoms with Gasteiger partial charge >= 0.3 is 5.97 Å². The van der Waals surface area contributed by atoms with Gasteiger partial charge in [0.25, 0.3) is 0 Å². The summed E-state index contributed by atoms with van der Waals surface area (Å²) >= 11 is 0. The highest BCUT2D eigenvalue weighted by atomic mass is 16.5. The Morgan fingerprint density at radius 2 is 2.25 bits per heavy atom. The second-order valence-electron chi connectivity index (χ2n) is 3.15. The number of rotatable bonds is 7. The van der Waals surface area contributed by atoms with E-state index in [9.17, 15) is 9.59 Å². The van der Waals surface area contributed by atoms with Gasteiger partial charge < -0.3 is 20.5 Å². The Morgan fingerprint density at radius 3 is 2.62 bits per heavy atom. The first-order valence-electron chi connectivity index (χ1n) is 4.71. The first-order chi connectivity index (χ1) is 7.54. The van der Waals surface area contributed by atoms with Gasteiger partial charge in [-0.3, -0.25) is 9.59 Å². The molecule has 0 bridgehead atoms. The maximum absolute atomic E-state index is 11.6. The van der Waals surface area contributed by atoms with Crippen LogP contribution >= 0.6 is 0 Å². The lowest BCUT2D eigenvalue weighted by atomic mass is 10.2. The molecule has 0 heterocycles. The molecule has 16 heavy (non-hydrogen) atoms. The van der Waals surface area contributed by atoms with Crippen molar-refractivity contribution in [1.82, 2.24) is 4.90 Å². The molecule has 0 aliphatic carbocycles. The molecule has 0 radical (unpaired) electrons. The molecule has 0 aromatic heterocycles. The highest BCUT2D eigenvalue weighted by Crippen LogP contribution is 2.01. The minimum atomic E-state index is -1.11. The highest BCUT2D eigenvalue weighted by Gasteiger charge is 2.19. The van der Waals surface area contributed by atoms with E-state index in [4.69, 9.17) is 22.0 Å². The van der Waals surface area contributed by atoms with E-state index in [0.717, 1.165) is 4.90 Å². The first kappa shape index (κ1) is 14.4. The third-order valence-corrected chi connectivity index (χ3v) is 1.96. The summed E-state index contributed by atoms with van der Waals surface area (Å²) in [6.45, 7) is -0.255. The van der Waals surface area contributed by atoms with E-state index in [0.29, 0.717) is 0 Å². The van der Waals surface area contributed by atoms with Gasteiger partial charge in [-0.25, -0.2) is 0 Å². The molecule has 0 aromatic carbocycles. The van der Waals surface area contributed by atoms with Gasteiger partial charge in [-0.1, -0.05) is 5.92 Å². The number of amides is 1. The molecular formula is C10H16N2O4. The molecule has 90 valence electrons. The lowest BCUT2D eigenvalue weighted by Crippen LogP contribution is -2.39. The maximum Gasteiger partial charge on any atom is 0.323 e. The highest BCUT2D eigenvalue weighted by molar-refractivity contribution is 5.81. The van der Waals surface area contributed by atoms with E-state index in [-0.39, 0.29) is 25.4 Å². The summed E-state index contributed by atoms with van der Waals surface area (Å²) in [7, 11) is 1.44. The van der Waals surface area contributed by atoms with E-state index < -0.39 is 18.6 Å². The quantitative estimate of drug-likeness (QED) is 0.539. The second-order valence-corrected chi connectivity index (χ2v) is 3.15. The SMILES string of the molecule is C#CCN(CC(=O)O)C(=O)CC(CN)OC. The lowest BCUT2D eigenvalue weighted by molar-refractivity contribution is -0.144. The fourth-order valence-electron chi connectivity index (χ4n) is 1.09. The van der Waals surface area contributed by atoms with E-state index in [1.54, 1.807) is 0 Å². The van der Waals surface area contributed by atoms with Crippen molar-refractivity contribution >= 4 is 11.9 Å². The number of carbonyl (C=O) groups is 2. The van der Waals surface area contributed by atoms with Crippen LogP contribution in [0.4, 0.5) is 0 Å². The van der Waals surface area contributed by atoms with Crippen molar-refractivity contribution in [2.75, 3.05) is 26.7 Å². The lowest BCUT2D eigenvalue weighted by Gasteiger charge is -2.20. The number of hydrogen-bond donors (Lipinski definition) is 2. The number of nitrogens with zero attached hydrogens (tertiary/aromatic N) is 1. The van der Waals surface area contributed by atoms with Crippen LogP contribution in [0.25, 0.3) is 0 Å². The standard InChI is InChI=1S/C10H16N2O4/c1-3-4-12(7-10(14)15)9(13)5-8(6-11)16-2/h1,8H,4-7,11H2,2H3,(H,14,15). The molecule has 0 spiro atoms. The summed E-state index contributed by atoms with van der Waals surface area (Å²) in [5.41, 5.74) is 5.35. The minimum Gasteiger partial charge on any atom is -0.480 e. The van der Waals surface area contributed by atoms with Crippen LogP contribution in [0.3, 0.4) is 0 Å². The molecule has 0 saturated carbocycles. The van der Waals surface area contributed by atoms with E-state index in [1.807, 2.05) is 0 Å². The number of terminal acetylenes is 1. The number of carbonyl (C=O) groups excluding carboxylic acids is 1. The van der Waals surface area contributed by atoms with Gasteiger partial charge in [-0.05, 0) is 0 Å². The van der Waals surface area contributed by atoms with Crippen molar-refractivity contribution < 1.29 is 19.4 Å². The first-order valence-corrected chi connectivity index (χ1v) is 4.71. The van der Waals surface area contributed by atoms with Crippen LogP contribution in [-0.4, -0.2) is 54.7 Å². The van der Waals surface area contributed by atoms with Gasteiger partial charge in [0, 0.05) is 13.7 Å². The van der Waals surface area contributed by atoms with Crippen molar-refractivity contribution in [2.24, 2.45) is 5.73 Å². The average molecular weight is 228 g/mol. The Kier molecular flexibility index (Phi) is 6.92. The Hall–Kier alpha value is -1.58. The predicted octanol–water partition coefficient (Wildman–Crippen LogP) is -1.10. The largest absolute Gasteiger partial charge is 0.480 e. The topological polar surface area (TPSA) is 92.9 Å². The molecule has 0 aromatic rings. The van der Waals surface area contributed by atoms with Crippen LogP contribution in [0.15, 0.2) is 0 Å². The summed E-state index contributed by atoms with van der Waals surface area (Å²) < 4.78 is 4.93. The predicted molar refractivity (Wildman–Crippen MR) is 57.5 cm³/mol. The third kappa shape index (κ3) is 5.34. The zero-order valence-electron chi connectivity index (χ0n) is 9.18. The van der Waals surface area contributed by atoms with Crippen molar-refractivity contribution in [1.29, 1.82) is 0 Å². The van der Waals surface area contributed by atoms with Gasteiger partial charge in [0.05, 0.1) is 19.1 Å². The Labute approximate surface area is 94.4 Å². The van der Waals surface area contributed by atoms with Gasteiger partial charge in [-0.15, -0.1) is 6.42 Å². The van der Waals surface area contributed by atoms with Gasteiger partial charge in [0.1, 0.15) is 6.54 Å². The van der Waals surface area contributed by atoms with Crippen LogP contribution in [0.2, 0.25) is 0 Å². The summed E-state index contributed by atoms with van der Waals surface area (Å²) in [6.07, 6.45) is 4.66. The zero-order chi connectivity index (χ0) is 12.6. The number of nitrogens with two attached hydrogens (primary N) is 1. The molecule has 6 nitrogen and oxygen atoms in total. The molecule has 1 atom stereocenters. The maximum atomic E-state index is 11.6. The average Bonchev–Trinajstić information content (AvgIpc) is 2.24. The van der Waals surface area contributed by atoms with Gasteiger partial charge in [0.2, 0.25) is 5.91 Å². The monoisotopic (exact) mass is 228 g/mol. The van der Waals surface area contributed by atoms with Crippen LogP contribution < -0.4 is 5.73 Å². The van der Waals surface area contributed by atoms with Gasteiger partial charge in [-0.2, -0.15) is 0 Å². The van der Waals surface area contributed by atoms with Crippen molar-refractivity contribution in [3.8, 4) is 12.3 Å². The van der Waals surface area contributed by atoms with Crippen molar-refractivity contribution in [3.05, 3.63) is 0 Å². The molecule has 0 fully saturated rings. The number of methoxy groups -OCH3 is 1. The smallest absolute Gasteiger partial charge is 0.323 e. The molecular weight excluding hydrogens is 212 g/mol. The number of ether oxygens (including phenoxy) is 1. The van der Waals surface area contributed by atoms with Crippen LogP contribution in [0.5, 0.6) is 0 Å². The number of carboxylic acid groups (broad SMARTS) is 1. The number of aliphatic carboxylic acids is 1. The minimum absolute atomic E-state index is 0.0297. The molecule has 0 aliphatic heterocycles. The Balaban J connectivity index is 4.37. The summed E-state index contributed by atoms with van der Waals surface area (Å²) in [6, 6.07) is 0. The van der Waals surface area contributed by atoms with Crippen LogP contribution in [-0.2, 0) is 14.3 Å². The Bertz CT molecular complexity index is 281. The summed E-state index contributed by atoms with van der Waals surface area (Å²) in [5, 5.41) is 8.59. The van der Waals surface area contributed by atoms with E-state index >= 15 is 0 Å². The van der Waals surface area contributed by atoms with E-state index in [1.165, 1.54) is 7.11 Å². The molecule has 0 saturated heterocycles. The fraction of sp³-hybridized carbons (Fsp3) is 0.600. The number of carboxylic acids is 1. The van der Waals surface area contributed by atoms with Crippen LogP contribution in [0.1, 0.15) is 6.42 Å².